The first-order chi connectivity index (χ1) is 8.33. The molecule has 0 saturated carbocycles. The number of aliphatic hydroxyl groups excluding tert-OH is 1. The maximum absolute atomic E-state index is 11.8. The van der Waals surface area contributed by atoms with E-state index in [2.05, 4.69) is 10.6 Å². The van der Waals surface area contributed by atoms with E-state index in [1.807, 2.05) is 0 Å². The molecule has 104 valence electrons. The fourth-order valence-electron chi connectivity index (χ4n) is 1.21. The number of hydrogen-bond acceptors (Lipinski definition) is 5. The molecule has 0 fully saturated rings. The van der Waals surface area contributed by atoms with Crippen LogP contribution >= 0.6 is 0 Å². The number of hydrogen-bond donors (Lipinski definition) is 5. The smallest absolute Gasteiger partial charge is 0.328 e. The Balaban J connectivity index is 4.66. The summed E-state index contributed by atoms with van der Waals surface area (Å²) in [6, 6.07) is -2.29. The normalized spacial score (nSPS) is 13.8. The van der Waals surface area contributed by atoms with Gasteiger partial charge in [-0.05, 0) is 5.92 Å². The minimum absolute atomic E-state index is 0.242. The van der Waals surface area contributed by atoms with E-state index in [1.54, 1.807) is 13.8 Å². The summed E-state index contributed by atoms with van der Waals surface area (Å²) in [5.74, 6) is -2.78. The number of carboxylic acids is 1. The monoisotopic (exact) mass is 261 g/mol. The van der Waals surface area contributed by atoms with Gasteiger partial charge in [0.1, 0.15) is 12.1 Å². The highest BCUT2D eigenvalue weighted by Crippen LogP contribution is 2.02. The van der Waals surface area contributed by atoms with E-state index in [4.69, 9.17) is 15.9 Å². The standard InChI is InChI=1S/C10H19N3O5/c1-5(2)8(13-7(15)3-11)9(16)12-6(4-14)10(17)18/h5-6,8,14H,3-4,11H2,1-2H3,(H,12,16)(H,13,15)(H,17,18). The second kappa shape index (κ2) is 7.62. The van der Waals surface area contributed by atoms with Crippen molar-refractivity contribution in [1.82, 2.24) is 10.6 Å². The molecule has 0 aliphatic heterocycles. The van der Waals surface area contributed by atoms with Crippen molar-refractivity contribution in [3.05, 3.63) is 0 Å². The molecule has 0 bridgehead atoms. The van der Waals surface area contributed by atoms with Gasteiger partial charge in [0.25, 0.3) is 0 Å². The molecule has 0 heterocycles. The molecule has 0 aliphatic rings. The van der Waals surface area contributed by atoms with Gasteiger partial charge in [-0.2, -0.15) is 0 Å². The number of carboxylic acid groups (broad SMARTS) is 1. The Morgan fingerprint density at radius 3 is 2.11 bits per heavy atom. The van der Waals surface area contributed by atoms with Crippen LogP contribution in [0.25, 0.3) is 0 Å². The minimum atomic E-state index is -1.39. The van der Waals surface area contributed by atoms with Crippen LogP contribution in [-0.4, -0.2) is 53.2 Å². The molecule has 2 unspecified atom stereocenters. The van der Waals surface area contributed by atoms with Crippen LogP contribution in [0, 0.1) is 5.92 Å². The SMILES string of the molecule is CC(C)C(NC(=O)CN)C(=O)NC(CO)C(=O)O. The Morgan fingerprint density at radius 1 is 1.22 bits per heavy atom. The molecule has 0 spiro atoms. The molecule has 8 nitrogen and oxygen atoms in total. The number of rotatable bonds is 7. The molecule has 0 aliphatic carbocycles. The molecule has 18 heavy (non-hydrogen) atoms. The third-order valence-corrected chi connectivity index (χ3v) is 2.25. The molecule has 2 amide bonds. The molecule has 0 rings (SSSR count). The number of carbonyl (C=O) groups excluding carboxylic acids is 2. The van der Waals surface area contributed by atoms with Crippen molar-refractivity contribution in [3.8, 4) is 0 Å². The quantitative estimate of drug-likeness (QED) is 0.347. The lowest BCUT2D eigenvalue weighted by atomic mass is 10.0. The second-order valence-corrected chi connectivity index (χ2v) is 4.08. The van der Waals surface area contributed by atoms with Crippen LogP contribution in [0.5, 0.6) is 0 Å². The summed E-state index contributed by atoms with van der Waals surface area (Å²) in [5.41, 5.74) is 5.12. The van der Waals surface area contributed by atoms with Gasteiger partial charge in [0.15, 0.2) is 0 Å². The van der Waals surface area contributed by atoms with Gasteiger partial charge in [0.2, 0.25) is 11.8 Å². The Hall–Kier alpha value is -1.67. The van der Waals surface area contributed by atoms with E-state index in [0.717, 1.165) is 0 Å². The molecule has 0 aromatic carbocycles. The van der Waals surface area contributed by atoms with Crippen LogP contribution in [0.2, 0.25) is 0 Å². The van der Waals surface area contributed by atoms with Gasteiger partial charge >= 0.3 is 5.97 Å². The van der Waals surface area contributed by atoms with Crippen molar-refractivity contribution in [1.29, 1.82) is 0 Å². The van der Waals surface area contributed by atoms with E-state index in [9.17, 15) is 14.4 Å². The topological polar surface area (TPSA) is 142 Å². The Labute approximate surface area is 105 Å². The van der Waals surface area contributed by atoms with Crippen molar-refractivity contribution in [2.45, 2.75) is 25.9 Å². The molecule has 0 radical (unpaired) electrons. The van der Waals surface area contributed by atoms with Crippen LogP contribution in [0.4, 0.5) is 0 Å². The highest BCUT2D eigenvalue weighted by Gasteiger charge is 2.27. The van der Waals surface area contributed by atoms with Crippen LogP contribution in [-0.2, 0) is 14.4 Å². The third-order valence-electron chi connectivity index (χ3n) is 2.25. The summed E-state index contributed by atoms with van der Waals surface area (Å²) in [6.07, 6.45) is 0. The number of aliphatic hydroxyl groups is 1. The number of nitrogens with two attached hydrogens (primary N) is 1. The van der Waals surface area contributed by atoms with E-state index in [-0.39, 0.29) is 12.5 Å². The summed E-state index contributed by atoms with van der Waals surface area (Å²) in [4.78, 5) is 33.6. The van der Waals surface area contributed by atoms with Gasteiger partial charge in [0.05, 0.1) is 13.2 Å². The van der Waals surface area contributed by atoms with Crippen LogP contribution in [0.3, 0.4) is 0 Å². The molecule has 8 heteroatoms. The van der Waals surface area contributed by atoms with E-state index in [1.165, 1.54) is 0 Å². The Morgan fingerprint density at radius 2 is 1.78 bits per heavy atom. The van der Waals surface area contributed by atoms with Crippen LogP contribution < -0.4 is 16.4 Å². The summed E-state index contributed by atoms with van der Waals surface area (Å²) < 4.78 is 0. The molecule has 2 atom stereocenters. The maximum atomic E-state index is 11.8. The Kier molecular flexibility index (Phi) is 6.91. The first-order valence-electron chi connectivity index (χ1n) is 5.46. The highest BCUT2D eigenvalue weighted by atomic mass is 16.4. The first kappa shape index (κ1) is 16.3. The summed E-state index contributed by atoms with van der Waals surface area (Å²) in [6.45, 7) is 2.39. The minimum Gasteiger partial charge on any atom is -0.480 e. The molecular formula is C10H19N3O5. The average Bonchev–Trinajstić information content (AvgIpc) is 2.31. The highest BCUT2D eigenvalue weighted by molar-refractivity contribution is 5.91. The molecule has 0 saturated heterocycles. The fourth-order valence-corrected chi connectivity index (χ4v) is 1.21. The maximum Gasteiger partial charge on any atom is 0.328 e. The summed E-state index contributed by atoms with van der Waals surface area (Å²) in [5, 5.41) is 22.0. The lowest BCUT2D eigenvalue weighted by Gasteiger charge is -2.23. The number of carbonyl (C=O) groups is 3. The summed E-state index contributed by atoms with van der Waals surface area (Å²) >= 11 is 0. The zero-order chi connectivity index (χ0) is 14.3. The molecule has 6 N–H and O–H groups in total. The van der Waals surface area contributed by atoms with Crippen molar-refractivity contribution in [3.63, 3.8) is 0 Å². The second-order valence-electron chi connectivity index (χ2n) is 4.08. The van der Waals surface area contributed by atoms with Gasteiger partial charge < -0.3 is 26.6 Å². The first-order valence-corrected chi connectivity index (χ1v) is 5.46. The largest absolute Gasteiger partial charge is 0.480 e. The molecular weight excluding hydrogens is 242 g/mol. The van der Waals surface area contributed by atoms with Gasteiger partial charge in [-0.3, -0.25) is 9.59 Å². The molecule has 0 aromatic rings. The number of nitrogens with one attached hydrogen (secondary N) is 2. The van der Waals surface area contributed by atoms with Gasteiger partial charge in [-0.1, -0.05) is 13.8 Å². The fraction of sp³-hybridized carbons (Fsp3) is 0.700. The van der Waals surface area contributed by atoms with Crippen LogP contribution in [0.15, 0.2) is 0 Å². The van der Waals surface area contributed by atoms with E-state index in [0.29, 0.717) is 0 Å². The van der Waals surface area contributed by atoms with Crippen molar-refractivity contribution >= 4 is 17.8 Å². The van der Waals surface area contributed by atoms with Crippen molar-refractivity contribution in [2.75, 3.05) is 13.2 Å². The van der Waals surface area contributed by atoms with E-state index >= 15 is 0 Å². The summed E-state index contributed by atoms with van der Waals surface area (Å²) in [7, 11) is 0. The molecule has 0 aromatic heterocycles. The third kappa shape index (κ3) is 5.11. The van der Waals surface area contributed by atoms with Crippen molar-refractivity contribution in [2.24, 2.45) is 11.7 Å². The van der Waals surface area contributed by atoms with E-state index < -0.39 is 36.5 Å². The zero-order valence-corrected chi connectivity index (χ0v) is 10.3. The average molecular weight is 261 g/mol. The van der Waals surface area contributed by atoms with Crippen LogP contribution in [0.1, 0.15) is 13.8 Å². The van der Waals surface area contributed by atoms with Crippen molar-refractivity contribution < 1.29 is 24.6 Å². The number of amides is 2. The van der Waals surface area contributed by atoms with Gasteiger partial charge in [-0.25, -0.2) is 4.79 Å². The predicted molar refractivity (Wildman–Crippen MR) is 62.5 cm³/mol. The Bertz CT molecular complexity index is 319. The predicted octanol–water partition coefficient (Wildman–Crippen LogP) is -2.35. The zero-order valence-electron chi connectivity index (χ0n) is 10.3. The number of aliphatic carboxylic acids is 1. The van der Waals surface area contributed by atoms with Gasteiger partial charge in [-0.15, -0.1) is 0 Å². The lowest BCUT2D eigenvalue weighted by Crippen LogP contribution is -2.55. The lowest BCUT2D eigenvalue weighted by molar-refractivity contribution is -0.143. The van der Waals surface area contributed by atoms with Gasteiger partial charge in [0, 0.05) is 0 Å².